The Morgan fingerprint density at radius 2 is 1.85 bits per heavy atom. The minimum Gasteiger partial charge on any atom is -0.438 e. The molecule has 5 heteroatoms. The predicted octanol–water partition coefficient (Wildman–Crippen LogP) is 2.50. The van der Waals surface area contributed by atoms with Crippen molar-refractivity contribution < 1.29 is 9.84 Å². The number of ether oxygens (including phenoxy) is 1. The highest BCUT2D eigenvalue weighted by Crippen LogP contribution is 2.28. The minimum atomic E-state index is 0.00719. The molecule has 3 rings (SSSR count). The molecule has 2 aromatic carbocycles. The second kappa shape index (κ2) is 5.14. The van der Waals surface area contributed by atoms with Gasteiger partial charge >= 0.3 is 0 Å². The summed E-state index contributed by atoms with van der Waals surface area (Å²) in [6, 6.07) is 12.6. The SMILES string of the molecule is Nc1ccc2ncnc(Oc3ccc(CO)cc3)c2c1. The van der Waals surface area contributed by atoms with E-state index in [9.17, 15) is 0 Å². The molecule has 0 atom stereocenters. The molecule has 0 spiro atoms. The average Bonchev–Trinajstić information content (AvgIpc) is 2.49. The summed E-state index contributed by atoms with van der Waals surface area (Å²) in [5.74, 6) is 1.10. The van der Waals surface area contributed by atoms with Crippen LogP contribution in [0.3, 0.4) is 0 Å². The van der Waals surface area contributed by atoms with E-state index < -0.39 is 0 Å². The number of aliphatic hydroxyl groups is 1. The quantitative estimate of drug-likeness (QED) is 0.712. The van der Waals surface area contributed by atoms with Crippen molar-refractivity contribution in [1.29, 1.82) is 0 Å². The first-order valence-electron chi connectivity index (χ1n) is 6.14. The zero-order valence-electron chi connectivity index (χ0n) is 10.7. The van der Waals surface area contributed by atoms with Gasteiger partial charge in [0.05, 0.1) is 17.5 Å². The van der Waals surface area contributed by atoms with Gasteiger partial charge in [0.25, 0.3) is 0 Å². The average molecular weight is 267 g/mol. The number of hydrogen-bond acceptors (Lipinski definition) is 5. The van der Waals surface area contributed by atoms with Crippen molar-refractivity contribution >= 4 is 16.6 Å². The molecule has 20 heavy (non-hydrogen) atoms. The number of fused-ring (bicyclic) bond motifs is 1. The van der Waals surface area contributed by atoms with Crippen LogP contribution in [0.4, 0.5) is 5.69 Å². The third kappa shape index (κ3) is 2.39. The minimum absolute atomic E-state index is 0.00719. The maximum absolute atomic E-state index is 9.01. The van der Waals surface area contributed by atoms with Crippen LogP contribution in [0.5, 0.6) is 11.6 Å². The molecule has 100 valence electrons. The summed E-state index contributed by atoms with van der Waals surface area (Å²) in [7, 11) is 0. The van der Waals surface area contributed by atoms with E-state index in [2.05, 4.69) is 9.97 Å². The number of aromatic nitrogens is 2. The summed E-state index contributed by atoms with van der Waals surface area (Å²) in [6.45, 7) is 0.00719. The normalized spacial score (nSPS) is 10.7. The zero-order valence-corrected chi connectivity index (χ0v) is 10.7. The van der Waals surface area contributed by atoms with Crippen LogP contribution in [0.15, 0.2) is 48.8 Å². The van der Waals surface area contributed by atoms with Gasteiger partial charge in [0.2, 0.25) is 5.88 Å². The molecule has 0 aliphatic rings. The van der Waals surface area contributed by atoms with Gasteiger partial charge < -0.3 is 15.6 Å². The lowest BCUT2D eigenvalue weighted by atomic mass is 10.2. The number of aliphatic hydroxyl groups excluding tert-OH is 1. The standard InChI is InChI=1S/C15H13N3O2/c16-11-3-6-14-13(7-11)15(18-9-17-14)20-12-4-1-10(8-19)2-5-12/h1-7,9,19H,8,16H2. The molecule has 0 bridgehead atoms. The highest BCUT2D eigenvalue weighted by Gasteiger charge is 2.06. The fourth-order valence-corrected chi connectivity index (χ4v) is 1.91. The number of hydrogen-bond donors (Lipinski definition) is 2. The van der Waals surface area contributed by atoms with E-state index >= 15 is 0 Å². The van der Waals surface area contributed by atoms with Gasteiger partial charge in [-0.15, -0.1) is 0 Å². The molecule has 0 amide bonds. The lowest BCUT2D eigenvalue weighted by Gasteiger charge is -2.08. The van der Waals surface area contributed by atoms with Gasteiger partial charge in [-0.1, -0.05) is 12.1 Å². The molecule has 3 N–H and O–H groups in total. The first-order valence-corrected chi connectivity index (χ1v) is 6.14. The van der Waals surface area contributed by atoms with Crippen LogP contribution in [-0.4, -0.2) is 15.1 Å². The van der Waals surface area contributed by atoms with E-state index in [0.29, 0.717) is 17.3 Å². The van der Waals surface area contributed by atoms with Crippen molar-refractivity contribution in [2.45, 2.75) is 6.61 Å². The molecule has 0 radical (unpaired) electrons. The Kier molecular flexibility index (Phi) is 3.18. The molecule has 0 aliphatic heterocycles. The first kappa shape index (κ1) is 12.4. The Hall–Kier alpha value is -2.66. The summed E-state index contributed by atoms with van der Waals surface area (Å²) >= 11 is 0. The first-order chi connectivity index (χ1) is 9.76. The number of nitrogens with zero attached hydrogens (tertiary/aromatic N) is 2. The number of rotatable bonds is 3. The van der Waals surface area contributed by atoms with Gasteiger partial charge in [-0.3, -0.25) is 0 Å². The van der Waals surface area contributed by atoms with Gasteiger partial charge in [0, 0.05) is 5.69 Å². The highest BCUT2D eigenvalue weighted by atomic mass is 16.5. The van der Waals surface area contributed by atoms with E-state index in [1.54, 1.807) is 36.4 Å². The Morgan fingerprint density at radius 1 is 1.05 bits per heavy atom. The summed E-state index contributed by atoms with van der Waals surface area (Å²) < 4.78 is 5.76. The zero-order chi connectivity index (χ0) is 13.9. The second-order valence-electron chi connectivity index (χ2n) is 4.36. The summed E-state index contributed by atoms with van der Waals surface area (Å²) in [6.07, 6.45) is 1.45. The molecule has 1 heterocycles. The van der Waals surface area contributed by atoms with Crippen LogP contribution < -0.4 is 10.5 Å². The summed E-state index contributed by atoms with van der Waals surface area (Å²) in [4.78, 5) is 8.32. The molecule has 1 aromatic heterocycles. The molecular formula is C15H13N3O2. The van der Waals surface area contributed by atoms with Crippen LogP contribution >= 0.6 is 0 Å². The van der Waals surface area contributed by atoms with Crippen molar-refractivity contribution in [3.63, 3.8) is 0 Å². The Morgan fingerprint density at radius 3 is 2.60 bits per heavy atom. The van der Waals surface area contributed by atoms with Crippen LogP contribution in [0, 0.1) is 0 Å². The molecule has 0 fully saturated rings. The number of anilines is 1. The van der Waals surface area contributed by atoms with Crippen molar-refractivity contribution in [2.75, 3.05) is 5.73 Å². The van der Waals surface area contributed by atoms with Crippen molar-refractivity contribution in [3.8, 4) is 11.6 Å². The Balaban J connectivity index is 1.99. The lowest BCUT2D eigenvalue weighted by Crippen LogP contribution is -1.93. The number of nitrogens with two attached hydrogens (primary N) is 1. The number of nitrogen functional groups attached to an aromatic ring is 1. The van der Waals surface area contributed by atoms with Crippen LogP contribution in [0.25, 0.3) is 10.9 Å². The van der Waals surface area contributed by atoms with E-state index in [1.165, 1.54) is 6.33 Å². The Bertz CT molecular complexity index is 742. The smallest absolute Gasteiger partial charge is 0.230 e. The van der Waals surface area contributed by atoms with Crippen molar-refractivity contribution in [1.82, 2.24) is 9.97 Å². The van der Waals surface area contributed by atoms with Crippen LogP contribution in [0.2, 0.25) is 0 Å². The highest BCUT2D eigenvalue weighted by molar-refractivity contribution is 5.86. The molecule has 3 aromatic rings. The monoisotopic (exact) mass is 267 g/mol. The third-order valence-corrected chi connectivity index (χ3v) is 2.94. The topological polar surface area (TPSA) is 81.3 Å². The van der Waals surface area contributed by atoms with E-state index in [4.69, 9.17) is 15.6 Å². The third-order valence-electron chi connectivity index (χ3n) is 2.94. The molecular weight excluding hydrogens is 254 g/mol. The van der Waals surface area contributed by atoms with E-state index in [0.717, 1.165) is 16.5 Å². The van der Waals surface area contributed by atoms with E-state index in [1.807, 2.05) is 6.07 Å². The second-order valence-corrected chi connectivity index (χ2v) is 4.36. The largest absolute Gasteiger partial charge is 0.438 e. The molecule has 0 unspecified atom stereocenters. The van der Waals surface area contributed by atoms with Gasteiger partial charge in [-0.2, -0.15) is 0 Å². The van der Waals surface area contributed by atoms with Gasteiger partial charge in [-0.25, -0.2) is 9.97 Å². The summed E-state index contributed by atoms with van der Waals surface area (Å²) in [5, 5.41) is 9.78. The van der Waals surface area contributed by atoms with Gasteiger partial charge in [0.1, 0.15) is 12.1 Å². The van der Waals surface area contributed by atoms with Crippen molar-refractivity contribution in [3.05, 3.63) is 54.4 Å². The van der Waals surface area contributed by atoms with E-state index in [-0.39, 0.29) is 6.61 Å². The molecule has 0 aliphatic carbocycles. The number of benzene rings is 2. The summed E-state index contributed by atoms with van der Waals surface area (Å²) in [5.41, 5.74) is 8.02. The van der Waals surface area contributed by atoms with Gasteiger partial charge in [-0.05, 0) is 35.9 Å². The van der Waals surface area contributed by atoms with Crippen LogP contribution in [0.1, 0.15) is 5.56 Å². The fourth-order valence-electron chi connectivity index (χ4n) is 1.91. The van der Waals surface area contributed by atoms with Crippen molar-refractivity contribution in [2.24, 2.45) is 0 Å². The molecule has 0 saturated heterocycles. The van der Waals surface area contributed by atoms with Crippen LogP contribution in [-0.2, 0) is 6.61 Å². The maximum atomic E-state index is 9.01. The van der Waals surface area contributed by atoms with Gasteiger partial charge in [0.15, 0.2) is 0 Å². The lowest BCUT2D eigenvalue weighted by molar-refractivity contribution is 0.281. The Labute approximate surface area is 115 Å². The molecule has 5 nitrogen and oxygen atoms in total. The maximum Gasteiger partial charge on any atom is 0.230 e. The molecule has 0 saturated carbocycles. The predicted molar refractivity (Wildman–Crippen MR) is 76.4 cm³/mol. The fraction of sp³-hybridized carbons (Fsp3) is 0.0667.